The van der Waals surface area contributed by atoms with Crippen molar-refractivity contribution in [2.24, 2.45) is 11.8 Å². The number of hydrogen-bond acceptors (Lipinski definition) is 4. The Morgan fingerprint density at radius 3 is 2.24 bits per heavy atom. The van der Waals surface area contributed by atoms with Gasteiger partial charge in [0.05, 0.1) is 10.6 Å². The zero-order valence-electron chi connectivity index (χ0n) is 21.5. The van der Waals surface area contributed by atoms with Crippen LogP contribution in [0.5, 0.6) is 0 Å². The molecule has 0 radical (unpaired) electrons. The summed E-state index contributed by atoms with van der Waals surface area (Å²) in [5.74, 6) is -0.740. The second-order valence-electron chi connectivity index (χ2n) is 10.6. The molecule has 1 aliphatic carbocycles. The molecular formula is C28H33ClF3N3O3. The van der Waals surface area contributed by atoms with Crippen LogP contribution in [-0.4, -0.2) is 61.2 Å². The van der Waals surface area contributed by atoms with E-state index in [1.54, 1.807) is 20.2 Å². The molecule has 10 heteroatoms. The van der Waals surface area contributed by atoms with Gasteiger partial charge in [-0.05, 0) is 62.1 Å². The zero-order chi connectivity index (χ0) is 27.7. The molecule has 2 aromatic carbocycles. The lowest BCUT2D eigenvalue weighted by molar-refractivity contribution is -0.257. The molecule has 1 heterocycles. The molecule has 2 aliphatic rings. The first kappa shape index (κ1) is 28.2. The second-order valence-corrected chi connectivity index (χ2v) is 11.0. The fourth-order valence-electron chi connectivity index (χ4n) is 5.45. The van der Waals surface area contributed by atoms with Gasteiger partial charge in [0.25, 0.3) is 17.4 Å². The van der Waals surface area contributed by atoms with Crippen LogP contribution >= 0.6 is 11.6 Å². The molecule has 6 nitrogen and oxygen atoms in total. The van der Waals surface area contributed by atoms with E-state index in [1.807, 2.05) is 12.1 Å². The number of amides is 2. The highest BCUT2D eigenvalue weighted by Crippen LogP contribution is 2.41. The van der Waals surface area contributed by atoms with E-state index < -0.39 is 23.2 Å². The number of nitrogens with one attached hydrogen (secondary N) is 1. The van der Waals surface area contributed by atoms with Crippen LogP contribution in [0.4, 0.5) is 18.9 Å². The number of alkyl halides is 3. The van der Waals surface area contributed by atoms with Crippen molar-refractivity contribution in [3.05, 3.63) is 64.7 Å². The third-order valence-electron chi connectivity index (χ3n) is 7.74. The van der Waals surface area contributed by atoms with Crippen LogP contribution in [-0.2, 0) is 10.4 Å². The molecule has 206 valence electrons. The first-order valence-corrected chi connectivity index (χ1v) is 13.2. The van der Waals surface area contributed by atoms with Crippen LogP contribution in [0.3, 0.4) is 0 Å². The Kier molecular flexibility index (Phi) is 8.28. The molecule has 2 fully saturated rings. The van der Waals surface area contributed by atoms with Crippen molar-refractivity contribution in [3.63, 3.8) is 0 Å². The number of benzene rings is 2. The molecule has 0 spiro atoms. The maximum Gasteiger partial charge on any atom is 0.430 e. The molecule has 1 saturated heterocycles. The minimum atomic E-state index is -5.14. The summed E-state index contributed by atoms with van der Waals surface area (Å²) in [6.45, 7) is 1.70. The molecular weight excluding hydrogens is 519 g/mol. The Hall–Kier alpha value is -2.78. The first-order chi connectivity index (χ1) is 17.9. The number of carbonyl (C=O) groups excluding carboxylic acids is 2. The van der Waals surface area contributed by atoms with Gasteiger partial charge in [0.15, 0.2) is 0 Å². The van der Waals surface area contributed by atoms with Gasteiger partial charge in [0.1, 0.15) is 0 Å². The highest BCUT2D eigenvalue weighted by atomic mass is 35.5. The van der Waals surface area contributed by atoms with E-state index in [0.29, 0.717) is 35.3 Å². The summed E-state index contributed by atoms with van der Waals surface area (Å²) in [5, 5.41) is 13.3. The summed E-state index contributed by atoms with van der Waals surface area (Å²) >= 11 is 6.37. The van der Waals surface area contributed by atoms with Gasteiger partial charge in [0.2, 0.25) is 0 Å². The van der Waals surface area contributed by atoms with Crippen molar-refractivity contribution < 1.29 is 27.9 Å². The van der Waals surface area contributed by atoms with Crippen LogP contribution < -0.4 is 10.2 Å². The minimum absolute atomic E-state index is 0.140. The number of carbonyl (C=O) groups is 2. The molecule has 2 amide bonds. The number of halogens is 4. The van der Waals surface area contributed by atoms with Gasteiger partial charge in [-0.2, -0.15) is 13.2 Å². The Morgan fingerprint density at radius 2 is 1.68 bits per heavy atom. The summed E-state index contributed by atoms with van der Waals surface area (Å²) < 4.78 is 41.2. The number of aliphatic hydroxyl groups is 1. The van der Waals surface area contributed by atoms with Crippen molar-refractivity contribution in [2.45, 2.75) is 49.9 Å². The molecule has 0 bridgehead atoms. The lowest BCUT2D eigenvalue weighted by Gasteiger charge is -2.41. The largest absolute Gasteiger partial charge is 0.430 e. The second kappa shape index (κ2) is 11.1. The average molecular weight is 552 g/mol. The predicted molar refractivity (Wildman–Crippen MR) is 140 cm³/mol. The molecule has 1 unspecified atom stereocenters. The fourth-order valence-corrected chi connectivity index (χ4v) is 5.71. The van der Waals surface area contributed by atoms with Crippen molar-refractivity contribution in [2.75, 3.05) is 32.1 Å². The van der Waals surface area contributed by atoms with Gasteiger partial charge < -0.3 is 20.2 Å². The van der Waals surface area contributed by atoms with Crippen molar-refractivity contribution >= 4 is 29.1 Å². The third-order valence-corrected chi connectivity index (χ3v) is 8.05. The van der Waals surface area contributed by atoms with Crippen molar-refractivity contribution in [3.8, 4) is 0 Å². The molecule has 1 aliphatic heterocycles. The summed E-state index contributed by atoms with van der Waals surface area (Å²) in [4.78, 5) is 28.5. The highest BCUT2D eigenvalue weighted by molar-refractivity contribution is 6.34. The van der Waals surface area contributed by atoms with Crippen LogP contribution in [0.1, 0.15) is 48.0 Å². The quantitative estimate of drug-likeness (QED) is 0.508. The SMILES string of the molecule is CN(C)C(=O)c1ccc(N2CCC(CC3CC(NC(=O)C(O)(c4ccccc4)C(F)(F)F)C3)CC2)cc1Cl. The van der Waals surface area contributed by atoms with E-state index in [2.05, 4.69) is 10.2 Å². The molecule has 2 aromatic rings. The lowest BCUT2D eigenvalue weighted by atomic mass is 9.73. The number of anilines is 1. The monoisotopic (exact) mass is 551 g/mol. The molecule has 0 aromatic heterocycles. The fraction of sp³-hybridized carbons (Fsp3) is 0.500. The average Bonchev–Trinajstić information content (AvgIpc) is 2.86. The maximum absolute atomic E-state index is 13.7. The molecule has 1 saturated carbocycles. The van der Waals surface area contributed by atoms with Crippen LogP contribution in [0.2, 0.25) is 5.02 Å². The van der Waals surface area contributed by atoms with E-state index in [0.717, 1.165) is 50.2 Å². The van der Waals surface area contributed by atoms with Crippen LogP contribution in [0.25, 0.3) is 0 Å². The van der Waals surface area contributed by atoms with Crippen molar-refractivity contribution in [1.29, 1.82) is 0 Å². The molecule has 1 atom stereocenters. The Morgan fingerprint density at radius 1 is 1.05 bits per heavy atom. The smallest absolute Gasteiger partial charge is 0.371 e. The van der Waals surface area contributed by atoms with E-state index in [-0.39, 0.29) is 11.9 Å². The zero-order valence-corrected chi connectivity index (χ0v) is 22.2. The van der Waals surface area contributed by atoms with E-state index in [9.17, 15) is 27.9 Å². The Balaban J connectivity index is 1.25. The highest BCUT2D eigenvalue weighted by Gasteiger charge is 2.61. The van der Waals surface area contributed by atoms with Gasteiger partial charge in [-0.25, -0.2) is 0 Å². The summed E-state index contributed by atoms with van der Waals surface area (Å²) in [6.07, 6.45) is -1.02. The van der Waals surface area contributed by atoms with E-state index in [1.165, 1.54) is 23.1 Å². The number of nitrogens with zero attached hydrogens (tertiary/aromatic N) is 2. The van der Waals surface area contributed by atoms with E-state index >= 15 is 0 Å². The molecule has 2 N–H and O–H groups in total. The topological polar surface area (TPSA) is 72.9 Å². The Bertz CT molecular complexity index is 1150. The van der Waals surface area contributed by atoms with E-state index in [4.69, 9.17) is 11.6 Å². The normalized spacial score (nSPS) is 21.8. The van der Waals surface area contributed by atoms with Gasteiger partial charge >= 0.3 is 6.18 Å². The molecule has 4 rings (SSSR count). The van der Waals surface area contributed by atoms with Gasteiger partial charge in [0, 0.05) is 44.5 Å². The number of rotatable bonds is 7. The third kappa shape index (κ3) is 5.78. The van der Waals surface area contributed by atoms with Crippen LogP contribution in [0.15, 0.2) is 48.5 Å². The van der Waals surface area contributed by atoms with Gasteiger partial charge in [-0.1, -0.05) is 41.9 Å². The summed E-state index contributed by atoms with van der Waals surface area (Å²) in [5.41, 5.74) is -2.62. The summed E-state index contributed by atoms with van der Waals surface area (Å²) in [7, 11) is 3.37. The van der Waals surface area contributed by atoms with Gasteiger partial charge in [-0.3, -0.25) is 9.59 Å². The minimum Gasteiger partial charge on any atom is -0.371 e. The summed E-state index contributed by atoms with van der Waals surface area (Å²) in [6, 6.07) is 11.6. The Labute approximate surface area is 225 Å². The van der Waals surface area contributed by atoms with Gasteiger partial charge in [-0.15, -0.1) is 0 Å². The maximum atomic E-state index is 13.7. The van der Waals surface area contributed by atoms with Crippen LogP contribution in [0, 0.1) is 11.8 Å². The number of piperidine rings is 1. The first-order valence-electron chi connectivity index (χ1n) is 12.8. The standard InChI is InChI=1S/C28H33ClF3N3O3/c1-34(2)25(36)23-9-8-22(17-24(23)29)35-12-10-18(11-13-35)14-19-15-21(16-19)33-26(37)27(38,28(30,31)32)20-6-4-3-5-7-20/h3-9,17-19,21,38H,10-16H2,1-2H3,(H,33,37). The lowest BCUT2D eigenvalue weighted by Crippen LogP contribution is -2.58. The van der Waals surface area contributed by atoms with Crippen molar-refractivity contribution in [1.82, 2.24) is 10.2 Å². The molecule has 38 heavy (non-hydrogen) atoms. The number of hydrogen-bond donors (Lipinski definition) is 2. The predicted octanol–water partition coefficient (Wildman–Crippen LogP) is 4.99.